The Labute approximate surface area is 223 Å². The number of rotatable bonds is 8. The summed E-state index contributed by atoms with van der Waals surface area (Å²) in [5.74, 6) is 1.64. The highest BCUT2D eigenvalue weighted by Crippen LogP contribution is 2.36. The van der Waals surface area contributed by atoms with Crippen molar-refractivity contribution in [2.45, 2.75) is 65.1 Å². The van der Waals surface area contributed by atoms with Crippen molar-refractivity contribution in [3.63, 3.8) is 0 Å². The fourth-order valence-corrected chi connectivity index (χ4v) is 6.09. The molecule has 2 aromatic heterocycles. The molecular formula is C29H37N5O4. The van der Waals surface area contributed by atoms with Gasteiger partial charge in [0.1, 0.15) is 11.6 Å². The summed E-state index contributed by atoms with van der Waals surface area (Å²) >= 11 is 0. The fraction of sp³-hybridized carbons (Fsp3) is 0.517. The van der Waals surface area contributed by atoms with Gasteiger partial charge >= 0.3 is 6.09 Å². The Morgan fingerprint density at radius 1 is 1.11 bits per heavy atom. The summed E-state index contributed by atoms with van der Waals surface area (Å²) in [6, 6.07) is 9.34. The lowest BCUT2D eigenvalue weighted by atomic mass is 9.96. The Hall–Kier alpha value is -3.46. The highest BCUT2D eigenvalue weighted by Gasteiger charge is 2.31. The zero-order valence-electron chi connectivity index (χ0n) is 22.6. The molecule has 4 heterocycles. The van der Waals surface area contributed by atoms with Crippen molar-refractivity contribution in [3.05, 3.63) is 58.3 Å². The smallest absolute Gasteiger partial charge is 0.414 e. The number of carbonyl (C=O) groups is 2. The summed E-state index contributed by atoms with van der Waals surface area (Å²) in [5.41, 5.74) is 3.90. The van der Waals surface area contributed by atoms with Gasteiger partial charge in [-0.05, 0) is 63.8 Å². The second kappa shape index (κ2) is 11.1. The molecule has 5 rings (SSSR count). The van der Waals surface area contributed by atoms with Gasteiger partial charge in [-0.25, -0.2) is 9.78 Å². The van der Waals surface area contributed by atoms with Crippen molar-refractivity contribution >= 4 is 28.6 Å². The second-order valence-corrected chi connectivity index (χ2v) is 10.7. The van der Waals surface area contributed by atoms with Gasteiger partial charge in [-0.3, -0.25) is 9.69 Å². The molecule has 2 atom stereocenters. The first-order valence-electron chi connectivity index (χ1n) is 13.6. The van der Waals surface area contributed by atoms with Crippen LogP contribution in [0.4, 0.5) is 10.5 Å². The quantitative estimate of drug-likeness (QED) is 0.451. The number of hydrogen-bond acceptors (Lipinski definition) is 6. The summed E-state index contributed by atoms with van der Waals surface area (Å²) < 4.78 is 9.08. The van der Waals surface area contributed by atoms with E-state index in [-0.39, 0.29) is 23.5 Å². The summed E-state index contributed by atoms with van der Waals surface area (Å²) in [6.45, 7) is 7.86. The molecule has 0 radical (unpaired) electrons. The van der Waals surface area contributed by atoms with Crippen LogP contribution in [0.25, 0.3) is 11.0 Å². The van der Waals surface area contributed by atoms with E-state index in [4.69, 9.17) is 9.72 Å². The number of hydrogen-bond donors (Lipinski definition) is 0. The lowest BCUT2D eigenvalue weighted by Gasteiger charge is -2.34. The average Bonchev–Trinajstić information content (AvgIpc) is 3.49. The number of likely N-dealkylation sites (tertiary alicyclic amines) is 1. The maximum atomic E-state index is 12.6. The molecule has 0 spiro atoms. The fourth-order valence-electron chi connectivity index (χ4n) is 6.09. The standard InChI is InChI=1S/C29H37N5O4/c1-20-7-8-23-24(34(20)29(37)38-3)9-10-25-28(23)30-26(12-15-32-13-5-4-6-27(32)36)33(25)17-16-31-14-11-22(19-31)18-21(2)35/h4-6,9-10,13,20,22H,7-8,11-12,14-19H2,1-3H3/t20-,22-/m0/s1. The molecule has 1 saturated heterocycles. The zero-order chi connectivity index (χ0) is 26.8. The molecule has 3 aromatic rings. The van der Waals surface area contributed by atoms with Crippen molar-refractivity contribution in [1.82, 2.24) is 19.0 Å². The number of amides is 1. The third kappa shape index (κ3) is 5.25. The van der Waals surface area contributed by atoms with Crippen molar-refractivity contribution in [2.24, 2.45) is 5.92 Å². The van der Waals surface area contributed by atoms with Crippen LogP contribution < -0.4 is 10.5 Å². The molecule has 2 aliphatic rings. The van der Waals surface area contributed by atoms with Gasteiger partial charge in [-0.2, -0.15) is 0 Å². The minimum atomic E-state index is -0.352. The van der Waals surface area contributed by atoms with Crippen LogP contribution in [0.5, 0.6) is 0 Å². The largest absolute Gasteiger partial charge is 0.452 e. The highest BCUT2D eigenvalue weighted by atomic mass is 16.5. The van der Waals surface area contributed by atoms with Crippen molar-refractivity contribution < 1.29 is 14.3 Å². The summed E-state index contributed by atoms with van der Waals surface area (Å²) in [7, 11) is 1.42. The van der Waals surface area contributed by atoms with Crippen LogP contribution in [-0.2, 0) is 35.5 Å². The Bertz CT molecular complexity index is 1390. The molecule has 9 nitrogen and oxygen atoms in total. The molecule has 202 valence electrons. The molecule has 0 N–H and O–H groups in total. The van der Waals surface area contributed by atoms with Gasteiger partial charge in [0.25, 0.3) is 5.56 Å². The topological polar surface area (TPSA) is 89.7 Å². The monoisotopic (exact) mass is 519 g/mol. The van der Waals surface area contributed by atoms with Gasteiger partial charge in [0.15, 0.2) is 0 Å². The third-order valence-corrected chi connectivity index (χ3v) is 8.02. The molecule has 0 saturated carbocycles. The van der Waals surface area contributed by atoms with Gasteiger partial charge in [0.2, 0.25) is 0 Å². The van der Waals surface area contributed by atoms with Gasteiger partial charge in [-0.15, -0.1) is 0 Å². The maximum absolute atomic E-state index is 12.6. The van der Waals surface area contributed by atoms with Crippen LogP contribution >= 0.6 is 0 Å². The first-order valence-corrected chi connectivity index (χ1v) is 13.6. The second-order valence-electron chi connectivity index (χ2n) is 10.7. The Morgan fingerprint density at radius 3 is 2.71 bits per heavy atom. The third-order valence-electron chi connectivity index (χ3n) is 8.02. The molecule has 0 bridgehead atoms. The number of benzene rings is 1. The molecule has 2 aliphatic heterocycles. The van der Waals surface area contributed by atoms with E-state index in [0.717, 1.165) is 73.6 Å². The molecule has 0 unspecified atom stereocenters. The van der Waals surface area contributed by atoms with Crippen molar-refractivity contribution in [2.75, 3.05) is 31.6 Å². The number of fused-ring (bicyclic) bond motifs is 3. The molecule has 1 fully saturated rings. The minimum absolute atomic E-state index is 0.0242. The van der Waals surface area contributed by atoms with Gasteiger partial charge in [0.05, 0.1) is 23.8 Å². The van der Waals surface area contributed by atoms with E-state index in [1.54, 1.807) is 28.5 Å². The molecule has 9 heteroatoms. The van der Waals surface area contributed by atoms with Crippen LogP contribution in [0.3, 0.4) is 0 Å². The normalized spacial score (nSPS) is 19.6. The number of Topliss-reactive ketones (excluding diaryl/α,β-unsaturated/α-hetero) is 1. The lowest BCUT2D eigenvalue weighted by molar-refractivity contribution is -0.117. The predicted molar refractivity (Wildman–Crippen MR) is 147 cm³/mol. The van der Waals surface area contributed by atoms with Crippen LogP contribution in [-0.4, -0.2) is 63.7 Å². The van der Waals surface area contributed by atoms with Gasteiger partial charge < -0.3 is 23.6 Å². The number of nitrogens with zero attached hydrogens (tertiary/aromatic N) is 5. The number of ether oxygens (including phenoxy) is 1. The number of carbonyl (C=O) groups excluding carboxylic acids is 2. The summed E-state index contributed by atoms with van der Waals surface area (Å²) in [5, 5.41) is 0. The average molecular weight is 520 g/mol. The zero-order valence-corrected chi connectivity index (χ0v) is 22.6. The van der Waals surface area contributed by atoms with E-state index in [9.17, 15) is 14.4 Å². The van der Waals surface area contributed by atoms with E-state index < -0.39 is 0 Å². The Balaban J connectivity index is 1.47. The molecular weight excluding hydrogens is 482 g/mol. The van der Waals surface area contributed by atoms with Gasteiger partial charge in [-0.1, -0.05) is 6.07 Å². The minimum Gasteiger partial charge on any atom is -0.452 e. The number of imidazole rings is 1. The van der Waals surface area contributed by atoms with Crippen LogP contribution in [0.15, 0.2) is 41.3 Å². The van der Waals surface area contributed by atoms with E-state index in [0.29, 0.717) is 25.3 Å². The van der Waals surface area contributed by atoms with Crippen molar-refractivity contribution in [3.8, 4) is 0 Å². The first kappa shape index (κ1) is 26.2. The number of methoxy groups -OCH3 is 1. The molecule has 1 aromatic carbocycles. The van der Waals surface area contributed by atoms with E-state index >= 15 is 0 Å². The Kier molecular flexibility index (Phi) is 7.65. The maximum Gasteiger partial charge on any atom is 0.414 e. The number of aryl methyl sites for hydroxylation is 3. The van der Waals surface area contributed by atoms with Crippen LogP contribution in [0.2, 0.25) is 0 Å². The highest BCUT2D eigenvalue weighted by molar-refractivity contribution is 5.95. The van der Waals surface area contributed by atoms with E-state index in [1.165, 1.54) is 7.11 Å². The molecule has 1 amide bonds. The van der Waals surface area contributed by atoms with Crippen LogP contribution in [0.1, 0.15) is 44.5 Å². The van der Waals surface area contributed by atoms with Gasteiger partial charge in [0, 0.05) is 62.9 Å². The van der Waals surface area contributed by atoms with Crippen molar-refractivity contribution in [1.29, 1.82) is 0 Å². The van der Waals surface area contributed by atoms with Crippen LogP contribution in [0, 0.1) is 5.92 Å². The first-order chi connectivity index (χ1) is 18.4. The van der Waals surface area contributed by atoms with E-state index in [1.807, 2.05) is 25.3 Å². The summed E-state index contributed by atoms with van der Waals surface area (Å²) in [6.07, 6.45) is 5.48. The summed E-state index contributed by atoms with van der Waals surface area (Å²) in [4.78, 5) is 45.8. The number of anilines is 1. The number of ketones is 1. The lowest BCUT2D eigenvalue weighted by Crippen LogP contribution is -2.42. The SMILES string of the molecule is COC(=O)N1c2ccc3c(nc(CCn4ccccc4=O)n3CCN3CC[C@@H](CC(C)=O)C3)c2CC[C@@H]1C. The predicted octanol–water partition coefficient (Wildman–Crippen LogP) is 3.65. The molecule has 0 aliphatic carbocycles. The Morgan fingerprint density at radius 2 is 1.95 bits per heavy atom. The number of pyridine rings is 1. The van der Waals surface area contributed by atoms with E-state index in [2.05, 4.69) is 15.5 Å². The molecule has 38 heavy (non-hydrogen) atoms. The number of aromatic nitrogens is 3.